The average molecular weight is 577 g/mol. The molecule has 1 aromatic rings. The number of hydrogen-bond donors (Lipinski definition) is 0. The van der Waals surface area contributed by atoms with Gasteiger partial charge in [-0.15, -0.1) is 0 Å². The smallest absolute Gasteiger partial charge is 0.412 e. The zero-order valence-electron chi connectivity index (χ0n) is 25.0. The van der Waals surface area contributed by atoms with Gasteiger partial charge < -0.3 is 14.1 Å². The zero-order valence-corrected chi connectivity index (χ0v) is 26.8. The average Bonchev–Trinajstić information content (AvgIpc) is 3.08. The predicted molar refractivity (Wildman–Crippen MR) is 155 cm³/mol. The van der Waals surface area contributed by atoms with Gasteiger partial charge in [-0.2, -0.15) is 4.31 Å². The minimum Gasteiger partial charge on any atom is -0.412 e. The van der Waals surface area contributed by atoms with Gasteiger partial charge in [0.15, 0.2) is 14.1 Å². The van der Waals surface area contributed by atoms with Gasteiger partial charge in [-0.05, 0) is 76.5 Å². The van der Waals surface area contributed by atoms with Crippen LogP contribution in [-0.4, -0.2) is 69.1 Å². The maximum atomic E-state index is 13.9. The molecule has 39 heavy (non-hydrogen) atoms. The van der Waals surface area contributed by atoms with Crippen molar-refractivity contribution in [3.8, 4) is 0 Å². The topological polar surface area (TPSA) is 93.2 Å². The minimum absolute atomic E-state index is 0.00618. The van der Waals surface area contributed by atoms with Gasteiger partial charge in [0.25, 0.3) is 0 Å². The lowest BCUT2D eigenvalue weighted by atomic mass is 10.1. The number of aryl methyl sites for hydroxylation is 1. The summed E-state index contributed by atoms with van der Waals surface area (Å²) in [5, 5.41) is -0.189. The number of nitrogens with zero attached hydrogens (tertiary/aromatic N) is 2. The first-order chi connectivity index (χ1) is 17.8. The van der Waals surface area contributed by atoms with E-state index in [-0.39, 0.29) is 53.1 Å². The lowest BCUT2D eigenvalue weighted by Gasteiger charge is -2.40. The number of ketones is 1. The molecule has 1 unspecified atom stereocenters. The maximum Gasteiger partial charge on any atom is 0.415 e. The Morgan fingerprint density at radius 3 is 2.15 bits per heavy atom. The second kappa shape index (κ2) is 11.3. The van der Waals surface area contributed by atoms with E-state index in [0.717, 1.165) is 5.56 Å². The molecule has 0 spiro atoms. The Balaban J connectivity index is 2.15. The van der Waals surface area contributed by atoms with E-state index in [1.54, 1.807) is 29.2 Å². The van der Waals surface area contributed by atoms with Crippen molar-refractivity contribution in [2.45, 2.75) is 103 Å². The number of carbonyl (C=O) groups excluding carboxylic acids is 2. The monoisotopic (exact) mass is 576 g/mol. The number of rotatable bonds is 7. The van der Waals surface area contributed by atoms with Crippen LogP contribution in [0.25, 0.3) is 0 Å². The molecule has 1 atom stereocenters. The van der Waals surface area contributed by atoms with Crippen molar-refractivity contribution < 1.29 is 27.2 Å². The fourth-order valence-electron chi connectivity index (χ4n) is 4.68. The Hall–Kier alpha value is -2.27. The molecular formula is C29H44N2O6SSi. The zero-order chi connectivity index (χ0) is 29.5. The van der Waals surface area contributed by atoms with Gasteiger partial charge in [0.2, 0.25) is 10.0 Å². The van der Waals surface area contributed by atoms with Crippen LogP contribution in [0.15, 0.2) is 52.1 Å². The highest BCUT2D eigenvalue weighted by Gasteiger charge is 2.45. The molecule has 3 rings (SSSR count). The van der Waals surface area contributed by atoms with Crippen molar-refractivity contribution >= 4 is 30.2 Å². The molecule has 0 saturated heterocycles. The van der Waals surface area contributed by atoms with Crippen molar-refractivity contribution in [3.63, 3.8) is 0 Å². The molecule has 216 valence electrons. The van der Waals surface area contributed by atoms with E-state index >= 15 is 0 Å². The molecule has 1 aliphatic heterocycles. The molecule has 10 heteroatoms. The van der Waals surface area contributed by atoms with Crippen LogP contribution in [0.1, 0.15) is 60.5 Å². The predicted octanol–water partition coefficient (Wildman–Crippen LogP) is 5.80. The second-order valence-electron chi connectivity index (χ2n) is 12.6. The summed E-state index contributed by atoms with van der Waals surface area (Å²) in [4.78, 5) is 28.0. The Bertz CT molecular complexity index is 1270. The van der Waals surface area contributed by atoms with E-state index < -0.39 is 30.5 Å². The molecule has 0 aromatic heterocycles. The molecule has 8 nitrogen and oxygen atoms in total. The van der Waals surface area contributed by atoms with Crippen molar-refractivity contribution in [1.29, 1.82) is 0 Å². The highest BCUT2D eigenvalue weighted by molar-refractivity contribution is 7.89. The molecule has 0 saturated carbocycles. The first-order valence-corrected chi connectivity index (χ1v) is 17.9. The molecular weight excluding hydrogens is 532 g/mol. The van der Waals surface area contributed by atoms with Crippen LogP contribution in [0.3, 0.4) is 0 Å². The first kappa shape index (κ1) is 31.3. The molecule has 1 aliphatic carbocycles. The normalized spacial score (nSPS) is 19.3. The van der Waals surface area contributed by atoms with Gasteiger partial charge in [0.05, 0.1) is 4.90 Å². The van der Waals surface area contributed by atoms with Crippen molar-refractivity contribution in [1.82, 2.24) is 9.21 Å². The summed E-state index contributed by atoms with van der Waals surface area (Å²) in [6.45, 7) is 19.9. The number of hydrogen-bond acceptors (Lipinski definition) is 6. The molecule has 1 aromatic carbocycles. The number of benzene rings is 1. The molecule has 1 amide bonds. The third kappa shape index (κ3) is 6.73. The first-order valence-electron chi connectivity index (χ1n) is 13.6. The number of amides is 1. The van der Waals surface area contributed by atoms with E-state index in [1.807, 2.05) is 34.6 Å². The molecule has 0 fully saturated rings. The van der Waals surface area contributed by atoms with E-state index in [1.165, 1.54) is 10.4 Å². The van der Waals surface area contributed by atoms with Crippen molar-refractivity contribution in [2.24, 2.45) is 0 Å². The molecule has 0 N–H and O–H groups in total. The summed E-state index contributed by atoms with van der Waals surface area (Å²) in [7, 11) is -6.42. The van der Waals surface area contributed by atoms with Crippen LogP contribution < -0.4 is 0 Å². The SMILES string of the molecule is Cc1ccc(S(=O)(=O)N2CC3=CC(=O)CC3=C(OC(=O)N(C(C)C)C(C)C)C(O[Si](C)(C)C(C)(C)C)C2)cc1. The Labute approximate surface area is 235 Å². The van der Waals surface area contributed by atoms with E-state index in [0.29, 0.717) is 11.1 Å². The van der Waals surface area contributed by atoms with Crippen LogP contribution in [-0.2, 0) is 24.0 Å². The number of fused-ring (bicyclic) bond motifs is 1. The third-order valence-corrected chi connectivity index (χ3v) is 14.1. The summed E-state index contributed by atoms with van der Waals surface area (Å²) in [5.41, 5.74) is 2.04. The third-order valence-electron chi connectivity index (χ3n) is 7.80. The number of carbonyl (C=O) groups is 2. The summed E-state index contributed by atoms with van der Waals surface area (Å²) in [6.07, 6.45) is 0.109. The van der Waals surface area contributed by atoms with E-state index in [4.69, 9.17) is 9.16 Å². The minimum atomic E-state index is -3.94. The molecule has 0 bridgehead atoms. The Morgan fingerprint density at radius 2 is 1.64 bits per heavy atom. The van der Waals surface area contributed by atoms with Crippen LogP contribution in [0, 0.1) is 6.92 Å². The Kier molecular flexibility index (Phi) is 9.06. The number of allylic oxidation sites excluding steroid dienone is 1. The fourth-order valence-corrected chi connectivity index (χ4v) is 7.35. The van der Waals surface area contributed by atoms with Crippen LogP contribution in [0.4, 0.5) is 4.79 Å². The summed E-state index contributed by atoms with van der Waals surface area (Å²) >= 11 is 0. The van der Waals surface area contributed by atoms with Gasteiger partial charge in [-0.25, -0.2) is 13.2 Å². The lowest BCUT2D eigenvalue weighted by Crippen LogP contribution is -2.49. The standard InChI is InChI=1S/C29H44N2O6SSi/c1-19(2)31(20(3)4)28(33)36-27-25-16-23(32)15-22(25)17-30(18-26(27)37-39(9,10)29(6,7)8)38(34,35)24-13-11-21(5)12-14-24/h11-15,19-20,26H,16-18H2,1-10H3. The van der Waals surface area contributed by atoms with Gasteiger partial charge in [0, 0.05) is 37.2 Å². The van der Waals surface area contributed by atoms with E-state index in [2.05, 4.69) is 33.9 Å². The maximum absolute atomic E-state index is 13.9. The summed E-state index contributed by atoms with van der Waals surface area (Å²) in [6, 6.07) is 6.46. The van der Waals surface area contributed by atoms with Gasteiger partial charge >= 0.3 is 6.09 Å². The molecule has 2 aliphatic rings. The molecule has 1 heterocycles. The fraction of sp³-hybridized carbons (Fsp3) is 0.586. The second-order valence-corrected chi connectivity index (χ2v) is 19.3. The lowest BCUT2D eigenvalue weighted by molar-refractivity contribution is -0.113. The quantitative estimate of drug-likeness (QED) is 0.381. The number of sulfonamides is 1. The van der Waals surface area contributed by atoms with Crippen molar-refractivity contribution in [3.05, 3.63) is 52.8 Å². The highest BCUT2D eigenvalue weighted by atomic mass is 32.2. The summed E-state index contributed by atoms with van der Waals surface area (Å²) < 4.78 is 42.0. The van der Waals surface area contributed by atoms with Gasteiger partial charge in [-0.1, -0.05) is 38.5 Å². The van der Waals surface area contributed by atoms with E-state index in [9.17, 15) is 18.0 Å². The van der Waals surface area contributed by atoms with Crippen LogP contribution in [0.5, 0.6) is 0 Å². The number of ether oxygens (including phenoxy) is 1. The highest BCUT2D eigenvalue weighted by Crippen LogP contribution is 2.41. The Morgan fingerprint density at radius 1 is 1.08 bits per heavy atom. The van der Waals surface area contributed by atoms with Crippen LogP contribution >= 0.6 is 0 Å². The largest absolute Gasteiger partial charge is 0.415 e. The van der Waals surface area contributed by atoms with Crippen LogP contribution in [0.2, 0.25) is 18.1 Å². The van der Waals surface area contributed by atoms with Crippen molar-refractivity contribution in [2.75, 3.05) is 13.1 Å². The van der Waals surface area contributed by atoms with Gasteiger partial charge in [-0.3, -0.25) is 4.79 Å². The van der Waals surface area contributed by atoms with Gasteiger partial charge in [0.1, 0.15) is 11.9 Å². The summed E-state index contributed by atoms with van der Waals surface area (Å²) in [5.74, 6) is 0.0913. The molecule has 0 radical (unpaired) electrons.